The molecule has 0 aromatic heterocycles. The fourth-order valence-corrected chi connectivity index (χ4v) is 1.18. The maximum Gasteiger partial charge on any atom is 0.0583 e. The largest absolute Gasteiger partial charge is 0.468 e. The molecule has 1 rings (SSSR count). The number of quaternary nitrogens is 1. The first-order chi connectivity index (χ1) is 3.83. The minimum atomic E-state index is 0.346. The molecule has 2 nitrogen and oxygen atoms in total. The van der Waals surface area contributed by atoms with Gasteiger partial charge in [-0.3, -0.25) is 0 Å². The summed E-state index contributed by atoms with van der Waals surface area (Å²) in [6.07, 6.45) is 1.15. The van der Waals surface area contributed by atoms with Gasteiger partial charge in [0.15, 0.2) is 0 Å². The Labute approximate surface area is 50.1 Å². The van der Waals surface area contributed by atoms with Crippen molar-refractivity contribution in [2.45, 2.75) is 6.42 Å². The molecule has 1 aliphatic heterocycles. The highest BCUT2D eigenvalue weighted by Crippen LogP contribution is 2.00. The molecule has 0 saturated carbocycles. The minimum Gasteiger partial charge on any atom is -0.468 e. The third-order valence-corrected chi connectivity index (χ3v) is 1.74. The molecule has 0 aromatic rings. The monoisotopic (exact) mass is 115 g/mol. The minimum absolute atomic E-state index is 0.346. The van der Waals surface area contributed by atoms with Gasteiger partial charge in [0.1, 0.15) is 0 Å². The lowest BCUT2D eigenvalue weighted by molar-refractivity contribution is -0.841. The van der Waals surface area contributed by atoms with E-state index < -0.39 is 0 Å². The lowest BCUT2D eigenvalue weighted by Gasteiger charge is -2.11. The van der Waals surface area contributed by atoms with Crippen LogP contribution >= 0.6 is 0 Å². The molecule has 48 valence electrons. The van der Waals surface area contributed by atoms with Gasteiger partial charge < -0.3 is 10.0 Å². The highest BCUT2D eigenvalue weighted by Gasteiger charge is 2.18. The highest BCUT2D eigenvalue weighted by molar-refractivity contribution is 4.59. The molecule has 2 unspecified atom stereocenters. The fraction of sp³-hybridized carbons (Fsp3) is 0.833. The van der Waals surface area contributed by atoms with E-state index in [-0.39, 0.29) is 0 Å². The number of rotatable bonds is 1. The molecule has 0 aromatic carbocycles. The van der Waals surface area contributed by atoms with E-state index in [1.54, 1.807) is 0 Å². The van der Waals surface area contributed by atoms with Crippen LogP contribution in [-0.2, 0) is 0 Å². The van der Waals surface area contributed by atoms with Gasteiger partial charge in [-0.25, -0.2) is 0 Å². The van der Waals surface area contributed by atoms with Crippen molar-refractivity contribution in [3.8, 4) is 0 Å². The van der Waals surface area contributed by atoms with Crippen molar-refractivity contribution in [1.29, 1.82) is 0 Å². The summed E-state index contributed by atoms with van der Waals surface area (Å²) in [6, 6.07) is 0. The molecule has 1 fully saturated rings. The van der Waals surface area contributed by atoms with Crippen LogP contribution in [0.3, 0.4) is 0 Å². The predicted octanol–water partition coefficient (Wildman–Crippen LogP) is -1.32. The summed E-state index contributed by atoms with van der Waals surface area (Å²) in [5.74, 6) is 0.530. The van der Waals surface area contributed by atoms with Crippen LogP contribution in [0.4, 0.5) is 0 Å². The van der Waals surface area contributed by atoms with Crippen molar-refractivity contribution in [2.24, 2.45) is 5.92 Å². The van der Waals surface area contributed by atoms with Crippen LogP contribution in [0.25, 0.3) is 0 Å². The van der Waals surface area contributed by atoms with E-state index in [0.29, 0.717) is 12.5 Å². The standard InChI is InChI=1S/C6H13NO/c1-7-3-2-6(4-7)5-8/h6-8H,1-5H2. The molecule has 0 spiro atoms. The molecular formula is C6H13NO. The van der Waals surface area contributed by atoms with Crippen molar-refractivity contribution in [3.05, 3.63) is 7.05 Å². The van der Waals surface area contributed by atoms with Crippen LogP contribution in [-0.4, -0.2) is 24.8 Å². The summed E-state index contributed by atoms with van der Waals surface area (Å²) in [4.78, 5) is 1.31. The first kappa shape index (κ1) is 6.05. The molecule has 1 heterocycles. The van der Waals surface area contributed by atoms with Crippen LogP contribution in [0.2, 0.25) is 0 Å². The number of nitrogens with one attached hydrogen (secondary N) is 1. The maximum atomic E-state index is 8.64. The van der Waals surface area contributed by atoms with E-state index in [1.165, 1.54) is 4.90 Å². The van der Waals surface area contributed by atoms with E-state index in [9.17, 15) is 0 Å². The topological polar surface area (TPSA) is 24.7 Å². The lowest BCUT2D eigenvalue weighted by atomic mass is 10.1. The summed E-state index contributed by atoms with van der Waals surface area (Å²) in [6.45, 7) is 2.53. The second kappa shape index (κ2) is 2.46. The van der Waals surface area contributed by atoms with Gasteiger partial charge in [0.25, 0.3) is 0 Å². The Kier molecular flexibility index (Phi) is 1.86. The van der Waals surface area contributed by atoms with E-state index >= 15 is 0 Å². The molecule has 0 aliphatic carbocycles. The molecule has 0 radical (unpaired) electrons. The molecule has 2 heteroatoms. The smallest absolute Gasteiger partial charge is 0.0583 e. The van der Waals surface area contributed by atoms with Gasteiger partial charge in [-0.05, 0) is 0 Å². The Morgan fingerprint density at radius 3 is 2.75 bits per heavy atom. The summed E-state index contributed by atoms with van der Waals surface area (Å²) < 4.78 is 0. The molecule has 8 heavy (non-hydrogen) atoms. The van der Waals surface area contributed by atoms with Crippen molar-refractivity contribution < 1.29 is 10.0 Å². The first-order valence-corrected chi connectivity index (χ1v) is 3.10. The molecule has 0 bridgehead atoms. The summed E-state index contributed by atoms with van der Waals surface area (Å²) in [5.41, 5.74) is 0. The third-order valence-electron chi connectivity index (χ3n) is 1.74. The van der Waals surface area contributed by atoms with Crippen LogP contribution < -0.4 is 4.90 Å². The number of hydrogen-bond acceptors (Lipinski definition) is 1. The van der Waals surface area contributed by atoms with Gasteiger partial charge in [-0.2, -0.15) is 7.05 Å². The van der Waals surface area contributed by atoms with E-state index in [2.05, 4.69) is 7.05 Å². The zero-order valence-corrected chi connectivity index (χ0v) is 5.06. The second-order valence-electron chi connectivity index (χ2n) is 2.54. The fourth-order valence-electron chi connectivity index (χ4n) is 1.18. The van der Waals surface area contributed by atoms with Crippen molar-refractivity contribution in [3.63, 3.8) is 0 Å². The van der Waals surface area contributed by atoms with Crippen LogP contribution in [0.1, 0.15) is 6.42 Å². The Balaban J connectivity index is 2.22. The molecule has 1 saturated heterocycles. The van der Waals surface area contributed by atoms with E-state index in [0.717, 1.165) is 19.5 Å². The molecule has 1 aliphatic rings. The number of aliphatic hydroxyl groups is 1. The second-order valence-corrected chi connectivity index (χ2v) is 2.54. The summed E-state index contributed by atoms with van der Waals surface area (Å²) >= 11 is 0. The SMILES string of the molecule is [CH2-][NH+]1CCC(CO)C1. The van der Waals surface area contributed by atoms with Gasteiger partial charge in [-0.1, -0.05) is 0 Å². The Hall–Kier alpha value is -0.0800. The van der Waals surface area contributed by atoms with Crippen molar-refractivity contribution in [1.82, 2.24) is 0 Å². The normalized spacial score (nSPS) is 38.2. The van der Waals surface area contributed by atoms with E-state index in [1.807, 2.05) is 0 Å². The number of aliphatic hydroxyl groups excluding tert-OH is 1. The number of likely N-dealkylation sites (tertiary alicyclic amines) is 1. The van der Waals surface area contributed by atoms with Gasteiger partial charge in [0.05, 0.1) is 19.7 Å². The zero-order chi connectivity index (χ0) is 5.98. The molecule has 2 N–H and O–H groups in total. The van der Waals surface area contributed by atoms with Gasteiger partial charge in [0.2, 0.25) is 0 Å². The average Bonchev–Trinajstić information content (AvgIpc) is 2.14. The third kappa shape index (κ3) is 1.20. The number of hydrogen-bond donors (Lipinski definition) is 2. The van der Waals surface area contributed by atoms with Gasteiger partial charge in [0, 0.05) is 12.3 Å². The van der Waals surface area contributed by atoms with E-state index in [4.69, 9.17) is 5.11 Å². The highest BCUT2D eigenvalue weighted by atomic mass is 16.3. The summed E-state index contributed by atoms with van der Waals surface area (Å²) in [5, 5.41) is 8.64. The lowest BCUT2D eigenvalue weighted by Crippen LogP contribution is -3.04. The van der Waals surface area contributed by atoms with Gasteiger partial charge >= 0.3 is 0 Å². The Bertz CT molecular complexity index is 74.9. The van der Waals surface area contributed by atoms with Crippen LogP contribution in [0.5, 0.6) is 0 Å². The predicted molar refractivity (Wildman–Crippen MR) is 31.2 cm³/mol. The zero-order valence-electron chi connectivity index (χ0n) is 5.06. The van der Waals surface area contributed by atoms with Crippen LogP contribution in [0.15, 0.2) is 0 Å². The van der Waals surface area contributed by atoms with Crippen LogP contribution in [0, 0.1) is 13.0 Å². The van der Waals surface area contributed by atoms with Gasteiger partial charge in [-0.15, -0.1) is 0 Å². The first-order valence-electron chi connectivity index (χ1n) is 3.10. The quantitative estimate of drug-likeness (QED) is 0.407. The Morgan fingerprint density at radius 2 is 2.50 bits per heavy atom. The Morgan fingerprint density at radius 1 is 1.75 bits per heavy atom. The van der Waals surface area contributed by atoms with Crippen molar-refractivity contribution >= 4 is 0 Å². The molecular weight excluding hydrogens is 102 g/mol. The molecule has 0 amide bonds. The summed E-state index contributed by atoms with van der Waals surface area (Å²) in [7, 11) is 3.84. The average molecular weight is 115 g/mol. The molecule has 2 atom stereocenters. The maximum absolute atomic E-state index is 8.64. The van der Waals surface area contributed by atoms with Crippen molar-refractivity contribution in [2.75, 3.05) is 19.7 Å².